The van der Waals surface area contributed by atoms with E-state index in [1.54, 1.807) is 0 Å². The van der Waals surface area contributed by atoms with Gasteiger partial charge in [-0.25, -0.2) is 0 Å². The van der Waals surface area contributed by atoms with Crippen molar-refractivity contribution in [3.8, 4) is 0 Å². The van der Waals surface area contributed by atoms with Crippen LogP contribution in [0.2, 0.25) is 0 Å². The van der Waals surface area contributed by atoms with Crippen LogP contribution in [0.4, 0.5) is 0 Å². The van der Waals surface area contributed by atoms with Gasteiger partial charge in [0.25, 0.3) is 0 Å². The summed E-state index contributed by atoms with van der Waals surface area (Å²) in [5.74, 6) is 0. The molecule has 0 fully saturated rings. The van der Waals surface area contributed by atoms with Crippen LogP contribution in [0.1, 0.15) is 30.3 Å². The van der Waals surface area contributed by atoms with E-state index in [0.717, 1.165) is 6.42 Å². The minimum Gasteiger partial charge on any atom is -0.329 e. The van der Waals surface area contributed by atoms with Crippen LogP contribution in [-0.2, 0) is 6.42 Å². The molecule has 2 aromatic rings. The Morgan fingerprint density at radius 1 is 1.33 bits per heavy atom. The molecule has 0 aliphatic carbocycles. The molecule has 2 nitrogen and oxygen atoms in total. The second kappa shape index (κ2) is 3.11. The van der Waals surface area contributed by atoms with Gasteiger partial charge < -0.3 is 10.3 Å². The fourth-order valence-electron chi connectivity index (χ4n) is 2.59. The molecule has 0 amide bonds. The van der Waals surface area contributed by atoms with Crippen LogP contribution < -0.4 is 5.73 Å². The number of benzene rings is 1. The Morgan fingerprint density at radius 3 is 3.07 bits per heavy atom. The average Bonchev–Trinajstić information content (AvgIpc) is 2.57. The van der Waals surface area contributed by atoms with Gasteiger partial charge in [-0.3, -0.25) is 0 Å². The van der Waals surface area contributed by atoms with Gasteiger partial charge in [-0.1, -0.05) is 12.1 Å². The lowest BCUT2D eigenvalue weighted by Crippen LogP contribution is -2.24. The highest BCUT2D eigenvalue weighted by Gasteiger charge is 2.18. The lowest BCUT2D eigenvalue weighted by molar-refractivity contribution is 0.425. The lowest BCUT2D eigenvalue weighted by atomic mass is 10.1. The SMILES string of the molecule is Cc1ccc2cc3n(c2c1)C(N)CCC3. The molecule has 0 radical (unpaired) electrons. The maximum Gasteiger partial charge on any atom is 0.0817 e. The molecule has 15 heavy (non-hydrogen) atoms. The summed E-state index contributed by atoms with van der Waals surface area (Å²) >= 11 is 0. The predicted octanol–water partition coefficient (Wildman–Crippen LogP) is 2.74. The minimum absolute atomic E-state index is 0.174. The Labute approximate surface area is 89.7 Å². The molecule has 0 bridgehead atoms. The third-order valence-electron chi connectivity index (χ3n) is 3.34. The average molecular weight is 200 g/mol. The predicted molar refractivity (Wildman–Crippen MR) is 62.8 cm³/mol. The highest BCUT2D eigenvalue weighted by atomic mass is 15.1. The standard InChI is InChI=1S/C13H16N2/c1-9-5-6-10-8-11-3-2-4-13(14)15(11)12(10)7-9/h5-8,13H,2-4,14H2,1H3. The zero-order valence-electron chi connectivity index (χ0n) is 9.03. The molecule has 3 rings (SSSR count). The van der Waals surface area contributed by atoms with Crippen molar-refractivity contribution in [2.24, 2.45) is 5.73 Å². The molecule has 2 heterocycles. The van der Waals surface area contributed by atoms with Gasteiger partial charge in [0.1, 0.15) is 0 Å². The maximum atomic E-state index is 6.17. The Balaban J connectivity index is 2.33. The van der Waals surface area contributed by atoms with Gasteiger partial charge in [-0.15, -0.1) is 0 Å². The third kappa shape index (κ3) is 1.29. The van der Waals surface area contributed by atoms with Gasteiger partial charge in [0.2, 0.25) is 0 Å². The number of fused-ring (bicyclic) bond motifs is 3. The maximum absolute atomic E-state index is 6.17. The second-order valence-corrected chi connectivity index (χ2v) is 4.53. The van der Waals surface area contributed by atoms with E-state index in [1.807, 2.05) is 0 Å². The molecule has 0 saturated heterocycles. The van der Waals surface area contributed by atoms with Gasteiger partial charge in [0.15, 0.2) is 0 Å². The van der Waals surface area contributed by atoms with E-state index in [-0.39, 0.29) is 6.17 Å². The Morgan fingerprint density at radius 2 is 2.20 bits per heavy atom. The molecule has 1 aliphatic rings. The van der Waals surface area contributed by atoms with Crippen molar-refractivity contribution in [3.05, 3.63) is 35.5 Å². The van der Waals surface area contributed by atoms with Gasteiger partial charge in [-0.2, -0.15) is 0 Å². The highest BCUT2D eigenvalue weighted by molar-refractivity contribution is 5.82. The van der Waals surface area contributed by atoms with Crippen LogP contribution in [0.3, 0.4) is 0 Å². The first kappa shape index (κ1) is 8.98. The quantitative estimate of drug-likeness (QED) is 0.696. The van der Waals surface area contributed by atoms with Crippen LogP contribution in [0.15, 0.2) is 24.3 Å². The molecule has 2 N–H and O–H groups in total. The summed E-state index contributed by atoms with van der Waals surface area (Å²) in [4.78, 5) is 0. The summed E-state index contributed by atoms with van der Waals surface area (Å²) < 4.78 is 2.31. The molecule has 1 aliphatic heterocycles. The smallest absolute Gasteiger partial charge is 0.0817 e. The summed E-state index contributed by atoms with van der Waals surface area (Å²) in [7, 11) is 0. The number of hydrogen-bond acceptors (Lipinski definition) is 1. The molecule has 0 saturated carbocycles. The fraction of sp³-hybridized carbons (Fsp3) is 0.385. The molecule has 1 aromatic carbocycles. The van der Waals surface area contributed by atoms with Crippen LogP contribution in [0.25, 0.3) is 10.9 Å². The second-order valence-electron chi connectivity index (χ2n) is 4.53. The summed E-state index contributed by atoms with van der Waals surface area (Å²) in [5.41, 5.74) is 10.2. The molecular weight excluding hydrogens is 184 g/mol. The van der Waals surface area contributed by atoms with Gasteiger partial charge >= 0.3 is 0 Å². The molecule has 1 atom stereocenters. The zero-order chi connectivity index (χ0) is 10.4. The first-order valence-electron chi connectivity index (χ1n) is 5.62. The van der Waals surface area contributed by atoms with E-state index in [4.69, 9.17) is 5.73 Å². The Hall–Kier alpha value is -1.28. The number of nitrogens with zero attached hydrogens (tertiary/aromatic N) is 1. The zero-order valence-corrected chi connectivity index (χ0v) is 9.03. The van der Waals surface area contributed by atoms with Crippen molar-refractivity contribution < 1.29 is 0 Å². The lowest BCUT2D eigenvalue weighted by Gasteiger charge is -2.23. The number of rotatable bonds is 0. The largest absolute Gasteiger partial charge is 0.329 e. The van der Waals surface area contributed by atoms with Crippen molar-refractivity contribution in [3.63, 3.8) is 0 Å². The number of nitrogens with two attached hydrogens (primary N) is 1. The van der Waals surface area contributed by atoms with E-state index in [2.05, 4.69) is 35.8 Å². The summed E-state index contributed by atoms with van der Waals surface area (Å²) in [6.07, 6.45) is 3.66. The van der Waals surface area contributed by atoms with Gasteiger partial charge in [0, 0.05) is 11.2 Å². The van der Waals surface area contributed by atoms with E-state index < -0.39 is 0 Å². The van der Waals surface area contributed by atoms with Gasteiger partial charge in [-0.05, 0) is 49.3 Å². The van der Waals surface area contributed by atoms with Crippen molar-refractivity contribution in [2.75, 3.05) is 0 Å². The number of hydrogen-bond donors (Lipinski definition) is 1. The van der Waals surface area contributed by atoms with E-state index in [0.29, 0.717) is 0 Å². The van der Waals surface area contributed by atoms with E-state index >= 15 is 0 Å². The van der Waals surface area contributed by atoms with Gasteiger partial charge in [0.05, 0.1) is 6.17 Å². The van der Waals surface area contributed by atoms with Crippen LogP contribution in [0.5, 0.6) is 0 Å². The monoisotopic (exact) mass is 200 g/mol. The summed E-state index contributed by atoms with van der Waals surface area (Å²) in [5, 5.41) is 1.33. The van der Waals surface area contributed by atoms with E-state index in [1.165, 1.54) is 35.0 Å². The number of aromatic nitrogens is 1. The van der Waals surface area contributed by atoms with Crippen molar-refractivity contribution in [2.45, 2.75) is 32.4 Å². The molecule has 1 unspecified atom stereocenters. The molecule has 1 aromatic heterocycles. The highest BCUT2D eigenvalue weighted by Crippen LogP contribution is 2.29. The van der Waals surface area contributed by atoms with Crippen molar-refractivity contribution in [1.82, 2.24) is 4.57 Å². The van der Waals surface area contributed by atoms with Crippen molar-refractivity contribution in [1.29, 1.82) is 0 Å². The molecule has 78 valence electrons. The normalized spacial score (nSPS) is 20.5. The third-order valence-corrected chi connectivity index (χ3v) is 3.34. The minimum atomic E-state index is 0.174. The Bertz CT molecular complexity index is 510. The van der Waals surface area contributed by atoms with Crippen molar-refractivity contribution >= 4 is 10.9 Å². The number of aryl methyl sites for hydroxylation is 2. The Kier molecular flexibility index (Phi) is 1.86. The molecular formula is C13H16N2. The van der Waals surface area contributed by atoms with E-state index in [9.17, 15) is 0 Å². The fourth-order valence-corrected chi connectivity index (χ4v) is 2.59. The first-order chi connectivity index (χ1) is 7.25. The summed E-state index contributed by atoms with van der Waals surface area (Å²) in [6.45, 7) is 2.13. The topological polar surface area (TPSA) is 30.9 Å². The molecule has 0 spiro atoms. The van der Waals surface area contributed by atoms with Crippen LogP contribution in [-0.4, -0.2) is 4.57 Å². The molecule has 2 heteroatoms. The summed E-state index contributed by atoms with van der Waals surface area (Å²) in [6, 6.07) is 8.89. The van der Waals surface area contributed by atoms with Crippen LogP contribution >= 0.6 is 0 Å². The first-order valence-corrected chi connectivity index (χ1v) is 5.62. The van der Waals surface area contributed by atoms with Crippen LogP contribution in [0, 0.1) is 6.92 Å².